The number of hydrogen-bond acceptors (Lipinski definition) is 0. The first kappa shape index (κ1) is 31.0. The minimum Gasteiger partial charge on any atom is -0.200 e. The topological polar surface area (TPSA) is 0 Å². The zero-order valence-electron chi connectivity index (χ0n) is 16.0. The normalized spacial score (nSPS) is 16.5. The van der Waals surface area contributed by atoms with E-state index in [0.29, 0.717) is 0 Å². The van der Waals surface area contributed by atoms with Crippen LogP contribution in [0.3, 0.4) is 0 Å². The average Bonchev–Trinajstić information content (AvgIpc) is 2.50. The van der Waals surface area contributed by atoms with Crippen molar-refractivity contribution >= 4 is 8.07 Å². The maximum absolute atomic E-state index is 13.6. The second-order valence-electron chi connectivity index (χ2n) is 8.06. The quantitative estimate of drug-likeness (QED) is 0.196. The fourth-order valence-corrected chi connectivity index (χ4v) is 3.43. The Morgan fingerprint density at radius 3 is 1.00 bits per heavy atom. The van der Waals surface area contributed by atoms with E-state index in [4.69, 9.17) is 0 Å². The van der Waals surface area contributed by atoms with Gasteiger partial charge in [-0.3, -0.25) is 0 Å². The third kappa shape index (κ3) is 4.65. The van der Waals surface area contributed by atoms with Crippen molar-refractivity contribution in [2.75, 3.05) is 0 Å². The molecule has 0 nitrogen and oxygen atoms in total. The van der Waals surface area contributed by atoms with Crippen LogP contribution in [0.2, 0.25) is 25.7 Å². The molecule has 0 radical (unpaired) electrons. The number of alkyl halides is 17. The number of hydrogen-bond donors (Lipinski definition) is 0. The van der Waals surface area contributed by atoms with Gasteiger partial charge in [0.05, 0.1) is 0 Å². The summed E-state index contributed by atoms with van der Waals surface area (Å²) in [6.45, 7) is 4.40. The van der Waals surface area contributed by atoms with Gasteiger partial charge in [-0.1, -0.05) is 25.7 Å². The van der Waals surface area contributed by atoms with Gasteiger partial charge in [0, 0.05) is 14.5 Å². The van der Waals surface area contributed by atoms with Crippen LogP contribution in [0.4, 0.5) is 74.6 Å². The van der Waals surface area contributed by atoms with Crippen molar-refractivity contribution in [3.63, 3.8) is 0 Å². The lowest BCUT2D eigenvalue weighted by atomic mass is 9.88. The fourth-order valence-electron chi connectivity index (χ4n) is 2.19. The van der Waals surface area contributed by atoms with Crippen LogP contribution in [0.25, 0.3) is 0 Å². The maximum atomic E-state index is 13.6. The van der Waals surface area contributed by atoms with Crippen LogP contribution in [0.1, 0.15) is 12.8 Å². The zero-order valence-corrected chi connectivity index (χ0v) is 17.0. The molecule has 0 rings (SSSR count). The van der Waals surface area contributed by atoms with Gasteiger partial charge in [0.15, 0.2) is 0 Å². The summed E-state index contributed by atoms with van der Waals surface area (Å²) in [7, 11) is -2.32. The van der Waals surface area contributed by atoms with Gasteiger partial charge in [0.2, 0.25) is 0 Å². The first-order valence-corrected chi connectivity index (χ1v) is 11.9. The molecule has 0 fully saturated rings. The van der Waals surface area contributed by atoms with E-state index in [1.807, 2.05) is 0 Å². The Labute approximate surface area is 170 Å². The summed E-state index contributed by atoms with van der Waals surface area (Å²) < 4.78 is 222. The Bertz CT molecular complexity index is 655. The zero-order chi connectivity index (χ0) is 26.6. The summed E-state index contributed by atoms with van der Waals surface area (Å²) in [5.41, 5.74) is 0. The third-order valence-electron chi connectivity index (χ3n) is 4.20. The second-order valence-corrected chi connectivity index (χ2v) is 13.7. The largest absolute Gasteiger partial charge is 0.460 e. The molecular weight excluding hydrogens is 519 g/mol. The van der Waals surface area contributed by atoms with Gasteiger partial charge in [-0.15, -0.1) is 0 Å². The van der Waals surface area contributed by atoms with Crippen molar-refractivity contribution in [3.8, 4) is 0 Å². The van der Waals surface area contributed by atoms with E-state index < -0.39 is 68.5 Å². The van der Waals surface area contributed by atoms with Crippen LogP contribution in [-0.2, 0) is 0 Å². The van der Waals surface area contributed by atoms with E-state index in [1.54, 1.807) is 0 Å². The van der Waals surface area contributed by atoms with E-state index in [1.165, 1.54) is 19.6 Å². The molecule has 0 aromatic heterocycles. The lowest BCUT2D eigenvalue weighted by molar-refractivity contribution is -0.461. The molecule has 0 aromatic carbocycles. The Hall–Kier alpha value is -0.973. The Balaban J connectivity index is 6.41. The summed E-state index contributed by atoms with van der Waals surface area (Å²) in [5.74, 6) is -55.7. The van der Waals surface area contributed by atoms with Crippen molar-refractivity contribution in [2.45, 2.75) is 86.2 Å². The highest BCUT2D eigenvalue weighted by Crippen LogP contribution is 2.64. The monoisotopic (exact) mass is 534 g/mol. The molecule has 0 saturated heterocycles. The van der Waals surface area contributed by atoms with Gasteiger partial charge in [0.25, 0.3) is 0 Å². The molecule has 194 valence electrons. The van der Waals surface area contributed by atoms with Crippen LogP contribution in [0, 0.1) is 0 Å². The first-order chi connectivity index (χ1) is 13.5. The van der Waals surface area contributed by atoms with E-state index in [9.17, 15) is 74.6 Å². The molecule has 32 heavy (non-hydrogen) atoms. The van der Waals surface area contributed by atoms with E-state index >= 15 is 0 Å². The summed E-state index contributed by atoms with van der Waals surface area (Å²) in [5, 5.41) is 0. The molecule has 0 unspecified atom stereocenters. The molecule has 0 N–H and O–H groups in total. The van der Waals surface area contributed by atoms with Crippen LogP contribution in [-0.4, -0.2) is 55.7 Å². The molecule has 0 aliphatic heterocycles. The molecule has 18 heteroatoms. The predicted octanol–water partition coefficient (Wildman–Crippen LogP) is 8.11. The second kappa shape index (κ2) is 8.06. The molecule has 0 saturated carbocycles. The van der Waals surface area contributed by atoms with Gasteiger partial charge in [-0.05, 0) is 6.42 Å². The maximum Gasteiger partial charge on any atom is 0.460 e. The molecular formula is C14H15F17Si. The van der Waals surface area contributed by atoms with Gasteiger partial charge in [-0.25, -0.2) is 0 Å². The molecule has 0 aliphatic carbocycles. The van der Waals surface area contributed by atoms with Crippen molar-refractivity contribution in [2.24, 2.45) is 0 Å². The molecule has 0 bridgehead atoms. The lowest BCUT2D eigenvalue weighted by Crippen LogP contribution is -2.74. The highest BCUT2D eigenvalue weighted by atomic mass is 28.3. The van der Waals surface area contributed by atoms with E-state index in [2.05, 4.69) is 0 Å². The third-order valence-corrected chi connectivity index (χ3v) is 6.06. The van der Waals surface area contributed by atoms with E-state index in [-0.39, 0.29) is 6.04 Å². The molecule has 0 aromatic rings. The molecule has 0 heterocycles. The summed E-state index contributed by atoms with van der Waals surface area (Å²) >= 11 is 0. The van der Waals surface area contributed by atoms with Crippen molar-refractivity contribution in [1.29, 1.82) is 0 Å². The average molecular weight is 534 g/mol. The fraction of sp³-hybridized carbons (Fsp3) is 1.00. The van der Waals surface area contributed by atoms with Gasteiger partial charge >= 0.3 is 47.6 Å². The predicted molar refractivity (Wildman–Crippen MR) is 78.1 cm³/mol. The SMILES string of the molecule is C[Si](C)(C)CCCC(F)(F)C(F)(F)C(F)(F)C(F)(F)C(F)(F)C(F)(F)C(F)(F)C(F)(F)F. The smallest absolute Gasteiger partial charge is 0.200 e. The molecule has 0 amide bonds. The highest BCUT2D eigenvalue weighted by molar-refractivity contribution is 6.76. The van der Waals surface area contributed by atoms with Crippen LogP contribution < -0.4 is 0 Å². The Kier molecular flexibility index (Phi) is 7.81. The van der Waals surface area contributed by atoms with Crippen LogP contribution in [0.5, 0.6) is 0 Å². The molecule has 0 spiro atoms. The first-order valence-electron chi connectivity index (χ1n) is 8.17. The van der Waals surface area contributed by atoms with Gasteiger partial charge in [-0.2, -0.15) is 74.6 Å². The van der Waals surface area contributed by atoms with Gasteiger partial charge in [0.1, 0.15) is 0 Å². The van der Waals surface area contributed by atoms with Crippen molar-refractivity contribution in [1.82, 2.24) is 0 Å². The molecule has 0 atom stereocenters. The van der Waals surface area contributed by atoms with Gasteiger partial charge < -0.3 is 0 Å². The summed E-state index contributed by atoms with van der Waals surface area (Å²) in [6.07, 6.45) is -11.1. The molecule has 0 aliphatic rings. The minimum absolute atomic E-state index is 0.299. The summed E-state index contributed by atoms with van der Waals surface area (Å²) in [6, 6.07) is -0.299. The highest BCUT2D eigenvalue weighted by Gasteiger charge is 2.95. The summed E-state index contributed by atoms with van der Waals surface area (Å²) in [4.78, 5) is 0. The number of halogens is 17. The Morgan fingerprint density at radius 1 is 0.438 bits per heavy atom. The standard InChI is InChI=1S/C14H15F17Si/c1-32(2,3)6-4-5-7(15,16)8(17,18)9(19,20)10(21,22)11(23,24)12(25,26)13(27,28)14(29,30)31/h4-6H2,1-3H3. The lowest BCUT2D eigenvalue weighted by Gasteiger charge is -2.42. The van der Waals surface area contributed by atoms with Crippen LogP contribution in [0.15, 0.2) is 0 Å². The minimum atomic E-state index is -8.57. The Morgan fingerprint density at radius 2 is 0.719 bits per heavy atom. The van der Waals surface area contributed by atoms with E-state index in [0.717, 1.165) is 0 Å². The van der Waals surface area contributed by atoms with Crippen molar-refractivity contribution < 1.29 is 74.6 Å². The number of rotatable bonds is 10. The van der Waals surface area contributed by atoms with Crippen LogP contribution >= 0.6 is 0 Å². The van der Waals surface area contributed by atoms with Crippen molar-refractivity contribution in [3.05, 3.63) is 0 Å².